The minimum Gasteiger partial charge on any atom is -0.461 e. The van der Waals surface area contributed by atoms with Gasteiger partial charge in [-0.15, -0.1) is 4.98 Å². The van der Waals surface area contributed by atoms with E-state index in [2.05, 4.69) is 36.3 Å². The molecule has 0 unspecified atom stereocenters. The number of nitrogen functional groups attached to an aromatic ring is 1. The molecule has 1 aromatic carbocycles. The molecule has 0 saturated heterocycles. The molecule has 0 spiro atoms. The highest BCUT2D eigenvalue weighted by atomic mass is 79.9. The number of nitrogens with two attached hydrogens (primary N) is 1. The third-order valence-electron chi connectivity index (χ3n) is 2.16. The summed E-state index contributed by atoms with van der Waals surface area (Å²) in [5, 5.41) is 0. The number of aromatic nitrogens is 3. The molecule has 2 rings (SSSR count). The number of halogens is 2. The van der Waals surface area contributed by atoms with Gasteiger partial charge in [0, 0.05) is 4.47 Å². The summed E-state index contributed by atoms with van der Waals surface area (Å²) >= 11 is 3.23. The topological polar surface area (TPSA) is 95.2 Å². The summed E-state index contributed by atoms with van der Waals surface area (Å²) in [5.74, 6) is 4.74. The van der Waals surface area contributed by atoms with Crippen LogP contribution < -0.4 is 20.7 Å². The van der Waals surface area contributed by atoms with E-state index in [0.29, 0.717) is 4.47 Å². The summed E-state index contributed by atoms with van der Waals surface area (Å²) in [6, 6.07) is 4.16. The molecule has 0 aliphatic rings. The predicted octanol–water partition coefficient (Wildman–Crippen LogP) is 2.64. The predicted molar refractivity (Wildman–Crippen MR) is 77.6 cm³/mol. The van der Waals surface area contributed by atoms with Crippen molar-refractivity contribution in [3.63, 3.8) is 0 Å². The summed E-state index contributed by atoms with van der Waals surface area (Å²) < 4.78 is 25.0. The van der Waals surface area contributed by atoms with Crippen molar-refractivity contribution in [2.75, 3.05) is 5.43 Å². The van der Waals surface area contributed by atoms with Gasteiger partial charge >= 0.3 is 12.0 Å². The zero-order valence-electron chi connectivity index (χ0n) is 11.3. The van der Waals surface area contributed by atoms with Gasteiger partial charge in [-0.05, 0) is 32.0 Å². The average Bonchev–Trinajstić information content (AvgIpc) is 2.42. The molecule has 9 heteroatoms. The number of benzene rings is 1. The van der Waals surface area contributed by atoms with Gasteiger partial charge in [-0.25, -0.2) is 10.2 Å². The van der Waals surface area contributed by atoms with E-state index in [9.17, 15) is 4.39 Å². The van der Waals surface area contributed by atoms with Crippen molar-refractivity contribution in [2.45, 2.75) is 20.0 Å². The first-order chi connectivity index (χ1) is 9.97. The first-order valence-electron chi connectivity index (χ1n) is 6.00. The highest BCUT2D eigenvalue weighted by molar-refractivity contribution is 9.10. The Morgan fingerprint density at radius 1 is 1.24 bits per heavy atom. The van der Waals surface area contributed by atoms with Crippen LogP contribution in [0.4, 0.5) is 10.3 Å². The zero-order valence-corrected chi connectivity index (χ0v) is 12.9. The Hall–Kier alpha value is -2.00. The minimum absolute atomic E-state index is 0.0263. The van der Waals surface area contributed by atoms with E-state index >= 15 is 0 Å². The van der Waals surface area contributed by atoms with E-state index in [1.807, 2.05) is 13.8 Å². The van der Waals surface area contributed by atoms with Crippen LogP contribution in [0.15, 0.2) is 22.7 Å². The van der Waals surface area contributed by atoms with E-state index in [1.54, 1.807) is 6.07 Å². The Labute approximate surface area is 128 Å². The highest BCUT2D eigenvalue weighted by Gasteiger charge is 2.12. The molecule has 112 valence electrons. The van der Waals surface area contributed by atoms with Crippen molar-refractivity contribution in [3.05, 3.63) is 28.5 Å². The minimum atomic E-state index is -0.549. The van der Waals surface area contributed by atoms with Crippen molar-refractivity contribution >= 4 is 21.9 Å². The average molecular weight is 358 g/mol. The molecule has 0 bridgehead atoms. The monoisotopic (exact) mass is 357 g/mol. The van der Waals surface area contributed by atoms with Crippen molar-refractivity contribution < 1.29 is 13.9 Å². The number of hydrogen-bond donors (Lipinski definition) is 2. The summed E-state index contributed by atoms with van der Waals surface area (Å²) in [5.41, 5.74) is 2.27. The summed E-state index contributed by atoms with van der Waals surface area (Å²) in [6.45, 7) is 3.63. The first-order valence-corrected chi connectivity index (χ1v) is 6.79. The Morgan fingerprint density at radius 3 is 2.62 bits per heavy atom. The smallest absolute Gasteiger partial charge is 0.330 e. The molecule has 1 heterocycles. The number of nitrogens with one attached hydrogen (secondary N) is 1. The van der Waals surface area contributed by atoms with Gasteiger partial charge in [0.05, 0.1) is 6.10 Å². The summed E-state index contributed by atoms with van der Waals surface area (Å²) in [7, 11) is 0. The van der Waals surface area contributed by atoms with Gasteiger partial charge in [0.1, 0.15) is 0 Å². The van der Waals surface area contributed by atoms with E-state index in [1.165, 1.54) is 12.1 Å². The Balaban J connectivity index is 2.32. The molecule has 0 saturated carbocycles. The number of rotatable bonds is 5. The molecule has 2 aromatic rings. The second kappa shape index (κ2) is 6.64. The third kappa shape index (κ3) is 4.23. The molecule has 0 fully saturated rings. The lowest BCUT2D eigenvalue weighted by atomic mass is 10.3. The lowest BCUT2D eigenvalue weighted by molar-refractivity contribution is 0.218. The van der Waals surface area contributed by atoms with Crippen molar-refractivity contribution in [1.82, 2.24) is 15.0 Å². The summed E-state index contributed by atoms with van der Waals surface area (Å²) in [4.78, 5) is 11.7. The molecule has 0 aliphatic heterocycles. The maximum atomic E-state index is 13.7. The van der Waals surface area contributed by atoms with Gasteiger partial charge in [-0.1, -0.05) is 15.9 Å². The maximum Gasteiger partial charge on any atom is 0.330 e. The molecule has 0 radical (unpaired) electrons. The van der Waals surface area contributed by atoms with Crippen LogP contribution >= 0.6 is 15.9 Å². The Kier molecular flexibility index (Phi) is 4.86. The molecule has 0 atom stereocenters. The number of ether oxygens (including phenoxy) is 2. The fourth-order valence-corrected chi connectivity index (χ4v) is 1.71. The fraction of sp³-hybridized carbons (Fsp3) is 0.250. The quantitative estimate of drug-likeness (QED) is 0.627. The van der Waals surface area contributed by atoms with Gasteiger partial charge in [0.2, 0.25) is 5.95 Å². The fourth-order valence-electron chi connectivity index (χ4n) is 1.37. The normalized spacial score (nSPS) is 10.6. The lowest BCUT2D eigenvalue weighted by Crippen LogP contribution is -2.15. The van der Waals surface area contributed by atoms with Crippen LogP contribution in [0.5, 0.6) is 17.8 Å². The molecular weight excluding hydrogens is 345 g/mol. The van der Waals surface area contributed by atoms with Gasteiger partial charge in [-0.3, -0.25) is 5.43 Å². The van der Waals surface area contributed by atoms with Crippen LogP contribution in [0.3, 0.4) is 0 Å². The van der Waals surface area contributed by atoms with Gasteiger partial charge < -0.3 is 9.47 Å². The highest BCUT2D eigenvalue weighted by Crippen LogP contribution is 2.26. The van der Waals surface area contributed by atoms with E-state index < -0.39 is 5.82 Å². The van der Waals surface area contributed by atoms with Crippen molar-refractivity contribution in [3.8, 4) is 17.8 Å². The van der Waals surface area contributed by atoms with Crippen LogP contribution in [0.2, 0.25) is 0 Å². The third-order valence-corrected chi connectivity index (χ3v) is 2.65. The largest absolute Gasteiger partial charge is 0.461 e. The van der Waals surface area contributed by atoms with Gasteiger partial charge in [0.25, 0.3) is 0 Å². The second-order valence-electron chi connectivity index (χ2n) is 4.21. The van der Waals surface area contributed by atoms with Crippen LogP contribution in [-0.2, 0) is 0 Å². The molecule has 3 N–H and O–H groups in total. The molecule has 0 amide bonds. The van der Waals surface area contributed by atoms with Crippen LogP contribution in [0.1, 0.15) is 13.8 Å². The molecule has 0 aliphatic carbocycles. The van der Waals surface area contributed by atoms with Crippen LogP contribution in [0.25, 0.3) is 0 Å². The molecule has 21 heavy (non-hydrogen) atoms. The second-order valence-corrected chi connectivity index (χ2v) is 5.13. The number of hydrazine groups is 1. The number of nitrogens with zero attached hydrogens (tertiary/aromatic N) is 3. The van der Waals surface area contributed by atoms with Crippen molar-refractivity contribution in [2.24, 2.45) is 5.84 Å². The van der Waals surface area contributed by atoms with E-state index in [4.69, 9.17) is 15.3 Å². The van der Waals surface area contributed by atoms with Gasteiger partial charge in [0.15, 0.2) is 11.6 Å². The molecular formula is C12H13BrFN5O2. The number of hydrogen-bond acceptors (Lipinski definition) is 7. The van der Waals surface area contributed by atoms with E-state index in [0.717, 1.165) is 0 Å². The molecule has 7 nitrogen and oxygen atoms in total. The maximum absolute atomic E-state index is 13.7. The number of anilines is 1. The Morgan fingerprint density at radius 2 is 1.95 bits per heavy atom. The van der Waals surface area contributed by atoms with Gasteiger partial charge in [-0.2, -0.15) is 9.97 Å². The Bertz CT molecular complexity index is 641. The molecule has 1 aromatic heterocycles. The first kappa shape index (κ1) is 15.4. The van der Waals surface area contributed by atoms with E-state index in [-0.39, 0.29) is 29.8 Å². The standard InChI is InChI=1S/C12H13BrFN5O2/c1-6(2)20-11-16-10(19-15)17-12(18-11)21-9-5-7(13)3-4-8(9)14/h3-6H,15H2,1-2H3,(H,16,17,18,19). The van der Waals surface area contributed by atoms with Crippen molar-refractivity contribution in [1.29, 1.82) is 0 Å². The van der Waals surface area contributed by atoms with Crippen LogP contribution in [-0.4, -0.2) is 21.1 Å². The summed E-state index contributed by atoms with van der Waals surface area (Å²) in [6.07, 6.45) is -0.145. The SMILES string of the molecule is CC(C)Oc1nc(NN)nc(Oc2cc(Br)ccc2F)n1. The van der Waals surface area contributed by atoms with Crippen LogP contribution in [0, 0.1) is 5.82 Å². The zero-order chi connectivity index (χ0) is 15.4. The lowest BCUT2D eigenvalue weighted by Gasteiger charge is -2.10.